The van der Waals surface area contributed by atoms with E-state index in [1.54, 1.807) is 38.5 Å². The summed E-state index contributed by atoms with van der Waals surface area (Å²) in [5.74, 6) is 1.14. The van der Waals surface area contributed by atoms with Gasteiger partial charge in [-0.3, -0.25) is 0 Å². The summed E-state index contributed by atoms with van der Waals surface area (Å²) in [5.41, 5.74) is 1.82. The minimum absolute atomic E-state index is 0.0731. The number of ether oxygens (including phenoxy) is 4. The summed E-state index contributed by atoms with van der Waals surface area (Å²) >= 11 is 0. The van der Waals surface area contributed by atoms with Gasteiger partial charge in [-0.05, 0) is 47.2 Å². The summed E-state index contributed by atoms with van der Waals surface area (Å²) < 4.78 is 22.0. The van der Waals surface area contributed by atoms with Crippen LogP contribution in [0.1, 0.15) is 37.2 Å². The highest BCUT2D eigenvalue weighted by atomic mass is 16.5. The Morgan fingerprint density at radius 2 is 1.00 bits per heavy atom. The molecule has 4 unspecified atom stereocenters. The van der Waals surface area contributed by atoms with Gasteiger partial charge in [-0.15, -0.1) is 0 Å². The van der Waals surface area contributed by atoms with Gasteiger partial charge < -0.3 is 29.2 Å². The lowest BCUT2D eigenvalue weighted by molar-refractivity contribution is -0.0215. The van der Waals surface area contributed by atoms with Crippen molar-refractivity contribution < 1.29 is 29.2 Å². The van der Waals surface area contributed by atoms with Crippen molar-refractivity contribution in [3.05, 3.63) is 47.5 Å². The molecule has 0 aliphatic heterocycles. The zero-order valence-corrected chi connectivity index (χ0v) is 17.3. The normalized spacial score (nSPS) is 15.5. The second-order valence-corrected chi connectivity index (χ2v) is 6.89. The molecule has 0 radical (unpaired) electrons. The van der Waals surface area contributed by atoms with E-state index in [1.165, 1.54) is 14.2 Å². The number of phenols is 2. The first-order valence-corrected chi connectivity index (χ1v) is 9.17. The Bertz CT molecular complexity index is 710. The van der Waals surface area contributed by atoms with Crippen molar-refractivity contribution in [3.8, 4) is 23.0 Å². The molecule has 2 aromatic rings. The molecule has 6 nitrogen and oxygen atoms in total. The van der Waals surface area contributed by atoms with Crippen LogP contribution in [0.4, 0.5) is 0 Å². The molecule has 0 spiro atoms. The van der Waals surface area contributed by atoms with Crippen LogP contribution in [0, 0.1) is 11.8 Å². The molecule has 0 aliphatic carbocycles. The van der Waals surface area contributed by atoms with E-state index in [1.807, 2.05) is 12.1 Å². The van der Waals surface area contributed by atoms with Crippen molar-refractivity contribution in [2.45, 2.75) is 26.1 Å². The third kappa shape index (κ3) is 4.51. The van der Waals surface area contributed by atoms with E-state index in [-0.39, 0.29) is 35.5 Å². The first kappa shape index (κ1) is 21.9. The number of hydrogen-bond acceptors (Lipinski definition) is 6. The van der Waals surface area contributed by atoms with Gasteiger partial charge in [-0.25, -0.2) is 0 Å². The van der Waals surface area contributed by atoms with E-state index >= 15 is 0 Å². The molecule has 0 saturated heterocycles. The lowest BCUT2D eigenvalue weighted by Crippen LogP contribution is -2.25. The fourth-order valence-electron chi connectivity index (χ4n) is 3.60. The largest absolute Gasteiger partial charge is 0.504 e. The van der Waals surface area contributed by atoms with Crippen molar-refractivity contribution in [2.75, 3.05) is 28.4 Å². The van der Waals surface area contributed by atoms with Crippen molar-refractivity contribution in [2.24, 2.45) is 11.8 Å². The van der Waals surface area contributed by atoms with Crippen LogP contribution < -0.4 is 9.47 Å². The van der Waals surface area contributed by atoms with Crippen molar-refractivity contribution in [1.29, 1.82) is 0 Å². The van der Waals surface area contributed by atoms with E-state index in [0.717, 1.165) is 11.1 Å². The van der Waals surface area contributed by atoms with Gasteiger partial charge in [0, 0.05) is 14.2 Å². The van der Waals surface area contributed by atoms with Crippen LogP contribution in [0.25, 0.3) is 0 Å². The molecule has 0 saturated carbocycles. The van der Waals surface area contributed by atoms with Gasteiger partial charge in [-0.2, -0.15) is 0 Å². The maximum atomic E-state index is 9.87. The van der Waals surface area contributed by atoms with Crippen LogP contribution in [0.2, 0.25) is 0 Å². The molecule has 0 aromatic heterocycles. The number of aromatic hydroxyl groups is 2. The number of rotatable bonds is 9. The molecule has 0 fully saturated rings. The van der Waals surface area contributed by atoms with Gasteiger partial charge in [0.15, 0.2) is 23.0 Å². The third-order valence-corrected chi connectivity index (χ3v) is 5.36. The Hall–Kier alpha value is -2.44. The monoisotopic (exact) mass is 390 g/mol. The van der Waals surface area contributed by atoms with Crippen LogP contribution in [-0.4, -0.2) is 38.7 Å². The third-order valence-electron chi connectivity index (χ3n) is 5.36. The van der Waals surface area contributed by atoms with E-state index in [0.29, 0.717) is 11.5 Å². The summed E-state index contributed by atoms with van der Waals surface area (Å²) in [7, 11) is 6.37. The van der Waals surface area contributed by atoms with Crippen LogP contribution in [0.3, 0.4) is 0 Å². The highest BCUT2D eigenvalue weighted by molar-refractivity contribution is 5.43. The quantitative estimate of drug-likeness (QED) is 0.658. The first-order chi connectivity index (χ1) is 13.4. The molecule has 0 amide bonds. The highest BCUT2D eigenvalue weighted by Crippen LogP contribution is 2.41. The van der Waals surface area contributed by atoms with Crippen molar-refractivity contribution >= 4 is 0 Å². The number of phenolic OH excluding ortho intramolecular Hbond substituents is 2. The summed E-state index contributed by atoms with van der Waals surface area (Å²) in [6, 6.07) is 10.5. The van der Waals surface area contributed by atoms with E-state index in [9.17, 15) is 10.2 Å². The van der Waals surface area contributed by atoms with Crippen molar-refractivity contribution in [1.82, 2.24) is 0 Å². The summed E-state index contributed by atoms with van der Waals surface area (Å²) in [5, 5.41) is 19.7. The second-order valence-electron chi connectivity index (χ2n) is 6.89. The molecular weight excluding hydrogens is 360 g/mol. The Morgan fingerprint density at radius 1 is 0.643 bits per heavy atom. The zero-order chi connectivity index (χ0) is 20.8. The fourth-order valence-corrected chi connectivity index (χ4v) is 3.60. The molecule has 0 heterocycles. The maximum Gasteiger partial charge on any atom is 0.160 e. The first-order valence-electron chi connectivity index (χ1n) is 9.17. The van der Waals surface area contributed by atoms with Crippen LogP contribution >= 0.6 is 0 Å². The Morgan fingerprint density at radius 3 is 1.29 bits per heavy atom. The van der Waals surface area contributed by atoms with Gasteiger partial charge in [0.05, 0.1) is 26.4 Å². The smallest absolute Gasteiger partial charge is 0.160 e. The molecule has 0 bridgehead atoms. The molecule has 2 rings (SSSR count). The molecule has 6 heteroatoms. The van der Waals surface area contributed by atoms with Gasteiger partial charge in [0.25, 0.3) is 0 Å². The predicted octanol–water partition coefficient (Wildman–Crippen LogP) is 4.46. The lowest BCUT2D eigenvalue weighted by Gasteiger charge is -2.33. The van der Waals surface area contributed by atoms with Crippen LogP contribution in [0.15, 0.2) is 36.4 Å². The lowest BCUT2D eigenvalue weighted by atomic mass is 9.81. The van der Waals surface area contributed by atoms with E-state index in [2.05, 4.69) is 13.8 Å². The molecular formula is C22H30O6. The number of hydrogen-bond donors (Lipinski definition) is 2. The molecule has 2 N–H and O–H groups in total. The van der Waals surface area contributed by atoms with E-state index < -0.39 is 0 Å². The maximum absolute atomic E-state index is 9.87. The summed E-state index contributed by atoms with van der Waals surface area (Å²) in [4.78, 5) is 0. The van der Waals surface area contributed by atoms with Gasteiger partial charge in [0.1, 0.15) is 0 Å². The zero-order valence-electron chi connectivity index (χ0n) is 17.3. The molecule has 2 aromatic carbocycles. The minimum Gasteiger partial charge on any atom is -0.504 e. The Balaban J connectivity index is 2.32. The molecule has 154 valence electrons. The number of methoxy groups -OCH3 is 4. The standard InChI is InChI=1S/C22H30O6/c1-13(21(27-5)15-7-9-17(23)19(11-15)25-3)14(2)22(28-6)16-8-10-18(24)20(12-16)26-4/h7-14,21-24H,1-6H3. The second kappa shape index (κ2) is 9.66. The van der Waals surface area contributed by atoms with E-state index in [4.69, 9.17) is 18.9 Å². The molecule has 0 aliphatic rings. The predicted molar refractivity (Wildman–Crippen MR) is 107 cm³/mol. The van der Waals surface area contributed by atoms with Gasteiger partial charge in [-0.1, -0.05) is 26.0 Å². The topological polar surface area (TPSA) is 77.4 Å². The minimum atomic E-state index is -0.221. The summed E-state index contributed by atoms with van der Waals surface area (Å²) in [6.45, 7) is 4.20. The number of benzene rings is 2. The van der Waals surface area contributed by atoms with Crippen LogP contribution in [0.5, 0.6) is 23.0 Å². The average Bonchev–Trinajstić information content (AvgIpc) is 2.71. The van der Waals surface area contributed by atoms with Crippen molar-refractivity contribution in [3.63, 3.8) is 0 Å². The Kier molecular flexibility index (Phi) is 7.54. The van der Waals surface area contributed by atoms with Gasteiger partial charge in [0.2, 0.25) is 0 Å². The fraction of sp³-hybridized carbons (Fsp3) is 0.455. The molecule has 4 atom stereocenters. The SMILES string of the molecule is COc1cc(C(OC)C(C)C(C)C(OC)c2ccc(O)c(OC)c2)ccc1O. The molecule has 28 heavy (non-hydrogen) atoms. The summed E-state index contributed by atoms with van der Waals surface area (Å²) in [6.07, 6.45) is -0.442. The van der Waals surface area contributed by atoms with Gasteiger partial charge >= 0.3 is 0 Å². The highest BCUT2D eigenvalue weighted by Gasteiger charge is 2.31. The van der Waals surface area contributed by atoms with Crippen LogP contribution in [-0.2, 0) is 9.47 Å². The average molecular weight is 390 g/mol. The Labute approximate surface area is 166 Å².